The molecular weight excluding hydrogens is 343 g/mol. The van der Waals surface area contributed by atoms with E-state index in [2.05, 4.69) is 20.5 Å². The molecule has 2 N–H and O–H groups in total. The van der Waals surface area contributed by atoms with Crippen molar-refractivity contribution >= 4 is 5.96 Å². The van der Waals surface area contributed by atoms with E-state index >= 15 is 0 Å². The Morgan fingerprint density at radius 1 is 1.30 bits per heavy atom. The molecule has 0 spiro atoms. The second kappa shape index (κ2) is 9.51. The lowest BCUT2D eigenvalue weighted by molar-refractivity contribution is 0.155. The maximum atomic E-state index is 14.2. The highest BCUT2D eigenvalue weighted by Gasteiger charge is 2.45. The standard InChI is InChI=1S/C21H33FN4O/c1-23-20(25-17-8-13-26(14-9-17)12-5-15-27-2)24-16-21(10-11-21)18-6-3-4-7-19(18)22/h3-4,6-7,17H,5,8-16H2,1-2H3,(H2,23,24,25). The maximum Gasteiger partial charge on any atom is 0.191 e. The van der Waals surface area contributed by atoms with Crippen LogP contribution >= 0.6 is 0 Å². The Balaban J connectivity index is 1.44. The fraction of sp³-hybridized carbons (Fsp3) is 0.667. The van der Waals surface area contributed by atoms with E-state index in [0.717, 1.165) is 76.4 Å². The predicted molar refractivity (Wildman–Crippen MR) is 108 cm³/mol. The van der Waals surface area contributed by atoms with Gasteiger partial charge < -0.3 is 20.3 Å². The molecule has 1 aromatic rings. The van der Waals surface area contributed by atoms with E-state index in [1.165, 1.54) is 0 Å². The van der Waals surface area contributed by atoms with Crippen molar-refractivity contribution in [2.24, 2.45) is 4.99 Å². The molecule has 3 rings (SSSR count). The third kappa shape index (κ3) is 5.42. The van der Waals surface area contributed by atoms with E-state index in [-0.39, 0.29) is 11.2 Å². The number of rotatable bonds is 8. The Hall–Kier alpha value is -1.66. The summed E-state index contributed by atoms with van der Waals surface area (Å²) >= 11 is 0. The Kier molecular flexibility index (Phi) is 7.07. The van der Waals surface area contributed by atoms with Crippen LogP contribution in [0.2, 0.25) is 0 Å². The number of piperidine rings is 1. The summed E-state index contributed by atoms with van der Waals surface area (Å²) in [6, 6.07) is 7.59. The Labute approximate surface area is 162 Å². The molecule has 27 heavy (non-hydrogen) atoms. The average molecular weight is 377 g/mol. The van der Waals surface area contributed by atoms with E-state index in [9.17, 15) is 4.39 Å². The third-order valence-electron chi connectivity index (χ3n) is 5.87. The number of ether oxygens (including phenoxy) is 1. The average Bonchev–Trinajstić information content (AvgIpc) is 3.48. The van der Waals surface area contributed by atoms with Crippen LogP contribution < -0.4 is 10.6 Å². The number of hydrogen-bond acceptors (Lipinski definition) is 3. The first kappa shape index (κ1) is 20.1. The van der Waals surface area contributed by atoms with Gasteiger partial charge in [-0.25, -0.2) is 4.39 Å². The van der Waals surface area contributed by atoms with E-state index in [1.807, 2.05) is 12.1 Å². The molecule has 1 aliphatic carbocycles. The predicted octanol–water partition coefficient (Wildman–Crippen LogP) is 2.52. The van der Waals surface area contributed by atoms with Crippen molar-refractivity contribution in [1.82, 2.24) is 15.5 Å². The maximum absolute atomic E-state index is 14.2. The number of halogens is 1. The molecule has 2 fully saturated rings. The Morgan fingerprint density at radius 2 is 2.04 bits per heavy atom. The summed E-state index contributed by atoms with van der Waals surface area (Å²) < 4.78 is 19.3. The second-order valence-corrected chi connectivity index (χ2v) is 7.79. The topological polar surface area (TPSA) is 48.9 Å². The summed E-state index contributed by atoms with van der Waals surface area (Å²) in [6.45, 7) is 4.88. The van der Waals surface area contributed by atoms with Crippen LogP contribution in [0.4, 0.5) is 4.39 Å². The van der Waals surface area contributed by atoms with Crippen molar-refractivity contribution < 1.29 is 9.13 Å². The van der Waals surface area contributed by atoms with Gasteiger partial charge in [-0.2, -0.15) is 0 Å². The monoisotopic (exact) mass is 376 g/mol. The first-order valence-corrected chi connectivity index (χ1v) is 10.1. The first-order chi connectivity index (χ1) is 13.2. The molecule has 2 aliphatic rings. The van der Waals surface area contributed by atoms with Crippen LogP contribution in [0, 0.1) is 5.82 Å². The highest BCUT2D eigenvalue weighted by Crippen LogP contribution is 2.48. The molecule has 1 heterocycles. The van der Waals surface area contributed by atoms with E-state index in [0.29, 0.717) is 6.04 Å². The summed E-state index contributed by atoms with van der Waals surface area (Å²) in [4.78, 5) is 6.88. The Bertz CT molecular complexity index is 624. The third-order valence-corrected chi connectivity index (χ3v) is 5.87. The highest BCUT2D eigenvalue weighted by atomic mass is 19.1. The molecule has 0 unspecified atom stereocenters. The largest absolute Gasteiger partial charge is 0.385 e. The van der Waals surface area contributed by atoms with Crippen LogP contribution in [0.1, 0.15) is 37.7 Å². The summed E-state index contributed by atoms with van der Waals surface area (Å²) in [6.07, 6.45) is 5.38. The van der Waals surface area contributed by atoms with Crippen LogP contribution in [-0.2, 0) is 10.2 Å². The zero-order valence-corrected chi connectivity index (χ0v) is 16.6. The fourth-order valence-electron chi connectivity index (χ4n) is 3.96. The van der Waals surface area contributed by atoms with Crippen LogP contribution in [0.25, 0.3) is 0 Å². The quantitative estimate of drug-likeness (QED) is 0.416. The summed E-state index contributed by atoms with van der Waals surface area (Å²) in [5, 5.41) is 6.99. The molecule has 1 saturated carbocycles. The molecule has 1 saturated heterocycles. The molecule has 0 amide bonds. The zero-order valence-electron chi connectivity index (χ0n) is 16.6. The summed E-state index contributed by atoms with van der Waals surface area (Å²) in [5.41, 5.74) is 0.755. The van der Waals surface area contributed by atoms with Crippen molar-refractivity contribution in [3.05, 3.63) is 35.6 Å². The number of nitrogens with zero attached hydrogens (tertiary/aromatic N) is 2. The SMILES string of the molecule is CN=C(NCC1(c2ccccc2F)CC1)NC1CCN(CCCOC)CC1. The molecule has 1 aliphatic heterocycles. The number of nitrogens with one attached hydrogen (secondary N) is 2. The number of methoxy groups -OCH3 is 1. The molecular formula is C21H33FN4O. The van der Waals surface area contributed by atoms with Crippen LogP contribution in [-0.4, -0.2) is 63.8 Å². The molecule has 0 radical (unpaired) electrons. The summed E-state index contributed by atoms with van der Waals surface area (Å²) in [5.74, 6) is 0.732. The van der Waals surface area contributed by atoms with Gasteiger partial charge in [-0.3, -0.25) is 4.99 Å². The lowest BCUT2D eigenvalue weighted by Gasteiger charge is -2.33. The molecule has 150 valence electrons. The minimum absolute atomic E-state index is 0.0757. The highest BCUT2D eigenvalue weighted by molar-refractivity contribution is 5.80. The van der Waals surface area contributed by atoms with Crippen molar-refractivity contribution in [2.75, 3.05) is 46.9 Å². The van der Waals surface area contributed by atoms with Crippen LogP contribution in [0.5, 0.6) is 0 Å². The van der Waals surface area contributed by atoms with Gasteiger partial charge in [0.25, 0.3) is 0 Å². The minimum Gasteiger partial charge on any atom is -0.385 e. The first-order valence-electron chi connectivity index (χ1n) is 10.1. The molecule has 5 nitrogen and oxygen atoms in total. The van der Waals surface area contributed by atoms with Crippen LogP contribution in [0.15, 0.2) is 29.3 Å². The zero-order chi connectivity index (χ0) is 19.1. The van der Waals surface area contributed by atoms with Gasteiger partial charge in [0.1, 0.15) is 5.82 Å². The summed E-state index contributed by atoms with van der Waals surface area (Å²) in [7, 11) is 3.56. The molecule has 0 atom stereocenters. The molecule has 0 aromatic heterocycles. The van der Waals surface area contributed by atoms with Crippen LogP contribution in [0.3, 0.4) is 0 Å². The van der Waals surface area contributed by atoms with Crippen molar-refractivity contribution in [3.63, 3.8) is 0 Å². The van der Waals surface area contributed by atoms with E-state index < -0.39 is 0 Å². The molecule has 6 heteroatoms. The van der Waals surface area contributed by atoms with Gasteiger partial charge in [0.15, 0.2) is 5.96 Å². The number of likely N-dealkylation sites (tertiary alicyclic amines) is 1. The Morgan fingerprint density at radius 3 is 2.67 bits per heavy atom. The van der Waals surface area contributed by atoms with E-state index in [4.69, 9.17) is 4.74 Å². The van der Waals surface area contributed by atoms with E-state index in [1.54, 1.807) is 26.3 Å². The second-order valence-electron chi connectivity index (χ2n) is 7.79. The molecule has 1 aromatic carbocycles. The van der Waals surface area contributed by atoms with Gasteiger partial charge in [0.2, 0.25) is 0 Å². The normalized spacial score (nSPS) is 20.5. The van der Waals surface area contributed by atoms with Crippen molar-refractivity contribution in [1.29, 1.82) is 0 Å². The number of benzene rings is 1. The van der Waals surface area contributed by atoms with Crippen molar-refractivity contribution in [3.8, 4) is 0 Å². The lowest BCUT2D eigenvalue weighted by Crippen LogP contribution is -2.50. The van der Waals surface area contributed by atoms with Gasteiger partial charge in [-0.05, 0) is 43.7 Å². The minimum atomic E-state index is -0.0967. The van der Waals surface area contributed by atoms with Gasteiger partial charge in [0.05, 0.1) is 0 Å². The number of hydrogen-bond donors (Lipinski definition) is 2. The van der Waals surface area contributed by atoms with Gasteiger partial charge in [-0.15, -0.1) is 0 Å². The lowest BCUT2D eigenvalue weighted by atomic mass is 9.95. The smallest absolute Gasteiger partial charge is 0.191 e. The van der Waals surface area contributed by atoms with Gasteiger partial charge in [0, 0.05) is 58.4 Å². The number of aliphatic imine (C=N–C) groups is 1. The van der Waals surface area contributed by atoms with Gasteiger partial charge in [-0.1, -0.05) is 18.2 Å². The number of guanidine groups is 1. The molecule has 0 bridgehead atoms. The van der Waals surface area contributed by atoms with Gasteiger partial charge >= 0.3 is 0 Å². The van der Waals surface area contributed by atoms with Crippen molar-refractivity contribution in [2.45, 2.75) is 43.6 Å². The fourth-order valence-corrected chi connectivity index (χ4v) is 3.96.